The van der Waals surface area contributed by atoms with Crippen molar-refractivity contribution in [3.8, 4) is 0 Å². The van der Waals surface area contributed by atoms with Gasteiger partial charge in [0.25, 0.3) is 0 Å². The molecule has 0 radical (unpaired) electrons. The number of aliphatic hydroxyl groups is 1. The van der Waals surface area contributed by atoms with Crippen molar-refractivity contribution >= 4 is 5.91 Å². The standard InChI is InChI=1S/C21H26N2O2/c24-19-11-14-23(15-12-19)16-13-20(25)22-21(17-7-3-1-4-8-17)18-9-5-2-6-10-18/h1-10,19,21,24H,11-16H2,(H,22,25). The Balaban J connectivity index is 1.61. The van der Waals surface area contributed by atoms with Gasteiger partial charge in [-0.2, -0.15) is 0 Å². The molecule has 2 aromatic carbocycles. The number of aliphatic hydroxyl groups excluding tert-OH is 1. The summed E-state index contributed by atoms with van der Waals surface area (Å²) in [4.78, 5) is 14.8. The molecule has 4 nitrogen and oxygen atoms in total. The average molecular weight is 338 g/mol. The molecule has 1 aliphatic heterocycles. The molecule has 0 spiro atoms. The maximum atomic E-state index is 12.5. The van der Waals surface area contributed by atoms with Gasteiger partial charge in [-0.05, 0) is 24.0 Å². The van der Waals surface area contributed by atoms with E-state index in [-0.39, 0.29) is 18.1 Å². The molecule has 25 heavy (non-hydrogen) atoms. The van der Waals surface area contributed by atoms with Crippen molar-refractivity contribution in [2.45, 2.75) is 31.4 Å². The molecule has 1 saturated heterocycles. The van der Waals surface area contributed by atoms with Gasteiger partial charge in [-0.15, -0.1) is 0 Å². The molecule has 1 aliphatic rings. The van der Waals surface area contributed by atoms with Crippen molar-refractivity contribution < 1.29 is 9.90 Å². The minimum absolute atomic E-state index is 0.0591. The monoisotopic (exact) mass is 338 g/mol. The van der Waals surface area contributed by atoms with Crippen molar-refractivity contribution in [2.24, 2.45) is 0 Å². The third-order valence-electron chi connectivity index (χ3n) is 4.78. The van der Waals surface area contributed by atoms with E-state index in [1.807, 2.05) is 60.7 Å². The third kappa shape index (κ3) is 5.15. The number of hydrogen-bond acceptors (Lipinski definition) is 3. The minimum Gasteiger partial charge on any atom is -0.393 e. The van der Waals surface area contributed by atoms with E-state index in [9.17, 15) is 9.90 Å². The van der Waals surface area contributed by atoms with Crippen molar-refractivity contribution in [3.63, 3.8) is 0 Å². The first kappa shape index (κ1) is 17.6. The largest absolute Gasteiger partial charge is 0.393 e. The van der Waals surface area contributed by atoms with Gasteiger partial charge in [-0.1, -0.05) is 60.7 Å². The van der Waals surface area contributed by atoms with Crippen LogP contribution < -0.4 is 5.32 Å². The number of rotatable bonds is 6. The van der Waals surface area contributed by atoms with E-state index in [0.29, 0.717) is 6.42 Å². The molecule has 0 bridgehead atoms. The van der Waals surface area contributed by atoms with Crippen molar-refractivity contribution in [3.05, 3.63) is 71.8 Å². The van der Waals surface area contributed by atoms with Crippen LogP contribution in [0, 0.1) is 0 Å². The number of hydrogen-bond donors (Lipinski definition) is 2. The number of carbonyl (C=O) groups is 1. The van der Waals surface area contributed by atoms with Gasteiger partial charge < -0.3 is 15.3 Å². The summed E-state index contributed by atoms with van der Waals surface area (Å²) in [6.07, 6.45) is 1.91. The number of nitrogens with one attached hydrogen (secondary N) is 1. The number of likely N-dealkylation sites (tertiary alicyclic amines) is 1. The van der Waals surface area contributed by atoms with E-state index in [0.717, 1.165) is 43.6 Å². The number of nitrogens with zero attached hydrogens (tertiary/aromatic N) is 1. The summed E-state index contributed by atoms with van der Waals surface area (Å²) >= 11 is 0. The van der Waals surface area contributed by atoms with E-state index < -0.39 is 0 Å². The van der Waals surface area contributed by atoms with Crippen LogP contribution >= 0.6 is 0 Å². The molecule has 0 saturated carbocycles. The van der Waals surface area contributed by atoms with Crippen LogP contribution in [-0.2, 0) is 4.79 Å². The smallest absolute Gasteiger partial charge is 0.222 e. The van der Waals surface area contributed by atoms with Gasteiger partial charge >= 0.3 is 0 Å². The average Bonchev–Trinajstić information content (AvgIpc) is 2.67. The maximum Gasteiger partial charge on any atom is 0.222 e. The lowest BCUT2D eigenvalue weighted by atomic mass is 9.98. The molecular formula is C21H26N2O2. The molecule has 4 heteroatoms. The molecule has 0 aliphatic carbocycles. The molecule has 132 valence electrons. The van der Waals surface area contributed by atoms with Crippen LogP contribution in [0.3, 0.4) is 0 Å². The molecular weight excluding hydrogens is 312 g/mol. The van der Waals surface area contributed by atoms with Crippen LogP contribution in [0.25, 0.3) is 0 Å². The SMILES string of the molecule is O=C(CCN1CCC(O)CC1)NC(c1ccccc1)c1ccccc1. The Bertz CT molecular complexity index is 613. The summed E-state index contributed by atoms with van der Waals surface area (Å²) < 4.78 is 0. The Morgan fingerprint density at radius 3 is 2.04 bits per heavy atom. The Morgan fingerprint density at radius 2 is 1.52 bits per heavy atom. The fourth-order valence-electron chi connectivity index (χ4n) is 3.29. The zero-order valence-electron chi connectivity index (χ0n) is 14.5. The highest BCUT2D eigenvalue weighted by atomic mass is 16.3. The molecule has 2 aromatic rings. The first-order chi connectivity index (χ1) is 12.2. The fraction of sp³-hybridized carbons (Fsp3) is 0.381. The van der Waals surface area contributed by atoms with Crippen LogP contribution in [0.1, 0.15) is 36.4 Å². The molecule has 0 atom stereocenters. The summed E-state index contributed by atoms with van der Waals surface area (Å²) in [5.74, 6) is 0.0591. The zero-order valence-corrected chi connectivity index (χ0v) is 14.5. The second-order valence-electron chi connectivity index (χ2n) is 6.64. The van der Waals surface area contributed by atoms with Crippen LogP contribution in [0.2, 0.25) is 0 Å². The lowest BCUT2D eigenvalue weighted by Gasteiger charge is -2.29. The second kappa shape index (κ2) is 8.79. The topological polar surface area (TPSA) is 52.6 Å². The molecule has 1 heterocycles. The van der Waals surface area contributed by atoms with Crippen molar-refractivity contribution in [1.29, 1.82) is 0 Å². The minimum atomic E-state index is -0.175. The van der Waals surface area contributed by atoms with E-state index >= 15 is 0 Å². The van der Waals surface area contributed by atoms with Crippen LogP contribution in [-0.4, -0.2) is 41.7 Å². The molecule has 0 aromatic heterocycles. The predicted molar refractivity (Wildman–Crippen MR) is 99.2 cm³/mol. The summed E-state index contributed by atoms with van der Waals surface area (Å²) in [7, 11) is 0. The van der Waals surface area contributed by atoms with E-state index in [2.05, 4.69) is 10.2 Å². The third-order valence-corrected chi connectivity index (χ3v) is 4.78. The summed E-state index contributed by atoms with van der Waals surface area (Å²) in [5, 5.41) is 12.8. The summed E-state index contributed by atoms with van der Waals surface area (Å²) in [5.41, 5.74) is 2.17. The van der Waals surface area contributed by atoms with Gasteiger partial charge in [-0.3, -0.25) is 4.79 Å². The van der Waals surface area contributed by atoms with Crippen LogP contribution in [0.15, 0.2) is 60.7 Å². The lowest BCUT2D eigenvalue weighted by Crippen LogP contribution is -2.38. The highest BCUT2D eigenvalue weighted by Gasteiger charge is 2.19. The highest BCUT2D eigenvalue weighted by Crippen LogP contribution is 2.22. The van der Waals surface area contributed by atoms with Crippen LogP contribution in [0.4, 0.5) is 0 Å². The molecule has 1 amide bonds. The Hall–Kier alpha value is -2.17. The zero-order chi connectivity index (χ0) is 17.5. The van der Waals surface area contributed by atoms with Crippen LogP contribution in [0.5, 0.6) is 0 Å². The van der Waals surface area contributed by atoms with E-state index in [4.69, 9.17) is 0 Å². The Kier molecular flexibility index (Phi) is 6.20. The van der Waals surface area contributed by atoms with Gasteiger partial charge in [0.05, 0.1) is 12.1 Å². The van der Waals surface area contributed by atoms with Gasteiger partial charge in [0.15, 0.2) is 0 Å². The number of amides is 1. The van der Waals surface area contributed by atoms with Gasteiger partial charge in [0.1, 0.15) is 0 Å². The fourth-order valence-corrected chi connectivity index (χ4v) is 3.29. The normalized spacial score (nSPS) is 16.1. The quantitative estimate of drug-likeness (QED) is 0.851. The number of carbonyl (C=O) groups excluding carboxylic acids is 1. The Labute approximate surface area is 149 Å². The predicted octanol–water partition coefficient (Wildman–Crippen LogP) is 2.74. The van der Waals surface area contributed by atoms with E-state index in [1.165, 1.54) is 0 Å². The number of piperidine rings is 1. The molecule has 2 N–H and O–H groups in total. The van der Waals surface area contributed by atoms with E-state index in [1.54, 1.807) is 0 Å². The van der Waals surface area contributed by atoms with Crippen molar-refractivity contribution in [1.82, 2.24) is 10.2 Å². The van der Waals surface area contributed by atoms with Gasteiger partial charge in [-0.25, -0.2) is 0 Å². The summed E-state index contributed by atoms with van der Waals surface area (Å²) in [6.45, 7) is 2.49. The second-order valence-corrected chi connectivity index (χ2v) is 6.64. The first-order valence-electron chi connectivity index (χ1n) is 9.02. The lowest BCUT2D eigenvalue weighted by molar-refractivity contribution is -0.122. The van der Waals surface area contributed by atoms with Gasteiger partial charge in [0.2, 0.25) is 5.91 Å². The first-order valence-corrected chi connectivity index (χ1v) is 9.02. The highest BCUT2D eigenvalue weighted by molar-refractivity contribution is 5.77. The maximum absolute atomic E-state index is 12.5. The molecule has 0 unspecified atom stereocenters. The molecule has 1 fully saturated rings. The molecule has 3 rings (SSSR count). The number of benzene rings is 2. The van der Waals surface area contributed by atoms with Crippen molar-refractivity contribution in [2.75, 3.05) is 19.6 Å². The van der Waals surface area contributed by atoms with Gasteiger partial charge in [0, 0.05) is 26.1 Å². The Morgan fingerprint density at radius 1 is 1.00 bits per heavy atom. The summed E-state index contributed by atoms with van der Waals surface area (Å²) in [6, 6.07) is 20.0.